The summed E-state index contributed by atoms with van der Waals surface area (Å²) in [6.07, 6.45) is -0.941. The van der Waals surface area contributed by atoms with E-state index in [1.807, 2.05) is 48.5 Å². The maximum atomic E-state index is 12.6. The van der Waals surface area contributed by atoms with E-state index in [1.54, 1.807) is 24.0 Å². The van der Waals surface area contributed by atoms with E-state index in [-0.39, 0.29) is 21.6 Å². The van der Waals surface area contributed by atoms with Crippen LogP contribution in [0.2, 0.25) is 0 Å². The molecule has 4 unspecified atom stereocenters. The first-order valence-electron chi connectivity index (χ1n) is 9.87. The van der Waals surface area contributed by atoms with Gasteiger partial charge in [0.05, 0.1) is 0 Å². The van der Waals surface area contributed by atoms with Crippen molar-refractivity contribution in [2.45, 2.75) is 22.0 Å². The van der Waals surface area contributed by atoms with Gasteiger partial charge in [0.15, 0.2) is 0 Å². The fourth-order valence-corrected chi connectivity index (χ4v) is 8.64. The number of carbonyl (C=O) groups is 2. The standard InChI is InChI=1S/C20H18IN2O6.2Al.4H/c1-26-15-7-3-13(4-8-15)22-11-17(19(22)24)28-21-29-18-12-23(20(18)25)14-5-9-16(27-2)10-6-14;;;;;;/h3-12,17-18H,1-2H3;;;;;;/q-1;;;;;;. The molecular weight excluding hydrogens is 545 g/mol. The van der Waals surface area contributed by atoms with Gasteiger partial charge in [-0.3, -0.25) is 0 Å². The van der Waals surface area contributed by atoms with E-state index in [4.69, 9.17) is 15.6 Å². The SMILES string of the molecule is COc1ccc(N2C(=O)C(O[I-]OC3C(=O)N(c4ccc(OC)cc4)[CH]3[AlH2])[CH]2[AlH2])cc1. The van der Waals surface area contributed by atoms with Crippen LogP contribution in [-0.4, -0.2) is 80.6 Å². The van der Waals surface area contributed by atoms with Crippen molar-refractivity contribution in [3.05, 3.63) is 48.5 Å². The van der Waals surface area contributed by atoms with Crippen LogP contribution in [0.25, 0.3) is 0 Å². The summed E-state index contributed by atoms with van der Waals surface area (Å²) in [5.41, 5.74) is 1.68. The van der Waals surface area contributed by atoms with Crippen molar-refractivity contribution in [1.29, 1.82) is 0 Å². The minimum atomic E-state index is -1.16. The topological polar surface area (TPSA) is 77.5 Å². The molecule has 4 rings (SSSR count). The Balaban J connectivity index is 1.27. The number of ether oxygens (including phenoxy) is 2. The number of nitrogens with zero attached hydrogens (tertiary/aromatic N) is 2. The van der Waals surface area contributed by atoms with Crippen LogP contribution in [0.5, 0.6) is 11.5 Å². The van der Waals surface area contributed by atoms with Crippen molar-refractivity contribution in [1.82, 2.24) is 0 Å². The van der Waals surface area contributed by atoms with Crippen LogP contribution in [0.3, 0.4) is 0 Å². The number of anilines is 2. The third-order valence-corrected chi connectivity index (χ3v) is 9.37. The number of hydrogen-bond acceptors (Lipinski definition) is 6. The molecule has 0 aliphatic carbocycles. The van der Waals surface area contributed by atoms with E-state index in [0.29, 0.717) is 0 Å². The van der Waals surface area contributed by atoms with E-state index < -0.39 is 34.2 Å². The summed E-state index contributed by atoms with van der Waals surface area (Å²) in [5.74, 6) is 1.38. The monoisotopic (exact) mass is 567 g/mol. The van der Waals surface area contributed by atoms with Crippen LogP contribution in [0, 0.1) is 0 Å². The molecule has 162 valence electrons. The molecule has 0 N–H and O–H groups in total. The predicted octanol–water partition coefficient (Wildman–Crippen LogP) is -3.29. The van der Waals surface area contributed by atoms with Crippen molar-refractivity contribution < 1.29 is 47.2 Å². The van der Waals surface area contributed by atoms with Crippen molar-refractivity contribution in [2.75, 3.05) is 24.0 Å². The molecule has 31 heavy (non-hydrogen) atoms. The van der Waals surface area contributed by atoms with Crippen LogP contribution in [-0.2, 0) is 15.7 Å². The first-order chi connectivity index (χ1) is 15.0. The van der Waals surface area contributed by atoms with Crippen LogP contribution in [0.1, 0.15) is 0 Å². The normalized spacial score (nSPS) is 25.2. The van der Waals surface area contributed by atoms with Crippen molar-refractivity contribution >= 4 is 55.8 Å². The number of halogens is 1. The zero-order valence-electron chi connectivity index (χ0n) is 17.7. The van der Waals surface area contributed by atoms with Gasteiger partial charge in [0.1, 0.15) is 0 Å². The minimum absolute atomic E-state index is 0.0453. The molecule has 0 radical (unpaired) electrons. The second kappa shape index (κ2) is 9.68. The van der Waals surface area contributed by atoms with Gasteiger partial charge < -0.3 is 0 Å². The predicted molar refractivity (Wildman–Crippen MR) is 115 cm³/mol. The molecule has 0 saturated carbocycles. The molecule has 2 aliphatic heterocycles. The zero-order valence-corrected chi connectivity index (χ0v) is 23.8. The third kappa shape index (κ3) is 4.33. The number of benzene rings is 2. The summed E-state index contributed by atoms with van der Waals surface area (Å²) in [5, 5.41) is 0. The molecular formula is C20H22Al2IN2O6-. The Bertz CT molecular complexity index is 884. The summed E-state index contributed by atoms with van der Waals surface area (Å²) in [7, 11) is 3.22. The molecule has 2 aromatic carbocycles. The van der Waals surface area contributed by atoms with E-state index in [9.17, 15) is 9.59 Å². The van der Waals surface area contributed by atoms with Gasteiger partial charge in [0.25, 0.3) is 0 Å². The molecule has 8 nitrogen and oxygen atoms in total. The maximum absolute atomic E-state index is 12.6. The summed E-state index contributed by atoms with van der Waals surface area (Å²) >= 11 is 0.391. The zero-order chi connectivity index (χ0) is 22.1. The van der Waals surface area contributed by atoms with E-state index >= 15 is 0 Å². The Morgan fingerprint density at radius 3 is 1.35 bits per heavy atom. The van der Waals surface area contributed by atoms with Gasteiger partial charge in [0, 0.05) is 0 Å². The van der Waals surface area contributed by atoms with E-state index in [1.165, 1.54) is 0 Å². The average molecular weight is 567 g/mol. The first-order valence-corrected chi connectivity index (χ1v) is 13.9. The molecule has 2 amide bonds. The van der Waals surface area contributed by atoms with Gasteiger partial charge in [0.2, 0.25) is 0 Å². The van der Waals surface area contributed by atoms with Gasteiger partial charge in [-0.25, -0.2) is 0 Å². The number of β-lactam (4-membered cyclic amide) rings is 2. The molecule has 4 atom stereocenters. The van der Waals surface area contributed by atoms with E-state index in [2.05, 4.69) is 0 Å². The number of methoxy groups -OCH3 is 2. The summed E-state index contributed by atoms with van der Waals surface area (Å²) in [6, 6.07) is 14.8. The molecule has 2 aromatic rings. The van der Waals surface area contributed by atoms with Crippen molar-refractivity contribution in [2.24, 2.45) is 0 Å². The fourth-order valence-electron chi connectivity index (χ4n) is 3.73. The summed E-state index contributed by atoms with van der Waals surface area (Å²) < 4.78 is 21.9. The Morgan fingerprint density at radius 1 is 0.710 bits per heavy atom. The fraction of sp³-hybridized carbons (Fsp3) is 0.300. The molecule has 11 heteroatoms. The third-order valence-electron chi connectivity index (χ3n) is 5.62. The number of rotatable bonds is 8. The van der Waals surface area contributed by atoms with Gasteiger partial charge in [-0.05, 0) is 0 Å². The molecule has 0 spiro atoms. The quantitative estimate of drug-likeness (QED) is 0.189. The van der Waals surface area contributed by atoms with Gasteiger partial charge in [-0.1, -0.05) is 0 Å². The number of amides is 2. The van der Waals surface area contributed by atoms with Crippen LogP contribution in [0.4, 0.5) is 11.4 Å². The Hall–Kier alpha value is -1.31. The summed E-state index contributed by atoms with van der Waals surface area (Å²) in [4.78, 5) is 28.8. The Morgan fingerprint density at radius 2 is 1.06 bits per heavy atom. The van der Waals surface area contributed by atoms with Crippen molar-refractivity contribution in [3.8, 4) is 11.5 Å². The van der Waals surface area contributed by atoms with Crippen molar-refractivity contribution in [3.63, 3.8) is 0 Å². The molecule has 2 saturated heterocycles. The second-order valence-corrected chi connectivity index (χ2v) is 11.1. The Labute approximate surface area is 208 Å². The second-order valence-electron chi connectivity index (χ2n) is 7.38. The molecule has 0 bridgehead atoms. The summed E-state index contributed by atoms with van der Waals surface area (Å²) in [6.45, 7) is 0. The average Bonchev–Trinajstić information content (AvgIpc) is 2.80. The molecule has 2 heterocycles. The Kier molecular flexibility index (Phi) is 7.14. The first kappa shape index (κ1) is 22.9. The van der Waals surface area contributed by atoms with Crippen LogP contribution >= 0.6 is 0 Å². The van der Waals surface area contributed by atoms with Gasteiger partial charge >= 0.3 is 209 Å². The van der Waals surface area contributed by atoms with Crippen LogP contribution < -0.4 is 41.3 Å². The number of hydrogen-bond donors (Lipinski definition) is 0. The van der Waals surface area contributed by atoms with Gasteiger partial charge in [-0.2, -0.15) is 0 Å². The molecule has 0 aromatic heterocycles. The van der Waals surface area contributed by atoms with Crippen LogP contribution in [0.15, 0.2) is 48.5 Å². The van der Waals surface area contributed by atoms with Gasteiger partial charge in [-0.15, -0.1) is 0 Å². The van der Waals surface area contributed by atoms with E-state index in [0.717, 1.165) is 55.5 Å². The molecule has 2 aliphatic rings. The molecule has 2 fully saturated rings. The number of carbonyl (C=O) groups excluding carboxylic acids is 2.